The molecule has 0 saturated carbocycles. The molecule has 0 aliphatic carbocycles. The minimum absolute atomic E-state index is 0.448. The Morgan fingerprint density at radius 1 is 1.45 bits per heavy atom. The number of imidazole rings is 1. The van der Waals surface area contributed by atoms with E-state index in [4.69, 9.17) is 4.74 Å². The average Bonchev–Trinajstić information content (AvgIpc) is 2.97. The number of hydrogen-bond acceptors (Lipinski definition) is 4. The fraction of sp³-hybridized carbons (Fsp3) is 0.267. The number of hydrogen-bond donors (Lipinski definition) is 1. The first-order valence-corrected chi connectivity index (χ1v) is 7.34. The molecule has 5 heteroatoms. The van der Waals surface area contributed by atoms with E-state index in [2.05, 4.69) is 4.98 Å². The van der Waals surface area contributed by atoms with Crippen molar-refractivity contribution in [3.05, 3.63) is 52.8 Å². The number of aryl methyl sites for hydroxylation is 1. The van der Waals surface area contributed by atoms with Crippen LogP contribution in [0, 0.1) is 6.92 Å². The van der Waals surface area contributed by atoms with Gasteiger partial charge in [-0.3, -0.25) is 4.40 Å². The molecule has 3 aromatic rings. The summed E-state index contributed by atoms with van der Waals surface area (Å²) in [6.45, 7) is 4.18. The number of benzene rings is 1. The van der Waals surface area contributed by atoms with Crippen LogP contribution in [0.2, 0.25) is 0 Å². The van der Waals surface area contributed by atoms with E-state index in [1.165, 1.54) is 0 Å². The summed E-state index contributed by atoms with van der Waals surface area (Å²) >= 11 is 1.61. The Bertz CT molecular complexity index is 702. The lowest BCUT2D eigenvalue weighted by atomic mass is 10.1. The van der Waals surface area contributed by atoms with E-state index in [9.17, 15) is 5.11 Å². The molecule has 2 heterocycles. The van der Waals surface area contributed by atoms with Gasteiger partial charge in [-0.25, -0.2) is 4.98 Å². The molecule has 104 valence electrons. The van der Waals surface area contributed by atoms with Crippen LogP contribution in [0.15, 0.2) is 36.0 Å². The highest BCUT2D eigenvalue weighted by Crippen LogP contribution is 2.23. The Balaban J connectivity index is 1.73. The standard InChI is InChI=1S/C15H16N2O2S/c1-10-7-12(11(2)18)3-4-14(10)19-9-13-8-17-5-6-20-15(17)16-13/h3-8,11,18H,9H2,1-2H3/t11-/m1/s1. The van der Waals surface area contributed by atoms with Gasteiger partial charge < -0.3 is 9.84 Å². The summed E-state index contributed by atoms with van der Waals surface area (Å²) in [6, 6.07) is 5.74. The minimum atomic E-state index is -0.456. The number of rotatable bonds is 4. The molecule has 0 aliphatic rings. The van der Waals surface area contributed by atoms with Gasteiger partial charge in [-0.05, 0) is 37.1 Å². The smallest absolute Gasteiger partial charge is 0.193 e. The van der Waals surface area contributed by atoms with Gasteiger partial charge in [0.25, 0.3) is 0 Å². The zero-order chi connectivity index (χ0) is 14.1. The Morgan fingerprint density at radius 2 is 2.30 bits per heavy atom. The van der Waals surface area contributed by atoms with Crippen molar-refractivity contribution < 1.29 is 9.84 Å². The maximum absolute atomic E-state index is 9.55. The molecule has 20 heavy (non-hydrogen) atoms. The fourth-order valence-electron chi connectivity index (χ4n) is 2.09. The Hall–Kier alpha value is -1.85. The Kier molecular flexibility index (Phi) is 3.46. The van der Waals surface area contributed by atoms with Crippen LogP contribution in [0.1, 0.15) is 29.8 Å². The summed E-state index contributed by atoms with van der Waals surface area (Å²) in [5, 5.41) is 11.6. The first kappa shape index (κ1) is 13.1. The van der Waals surface area contributed by atoms with E-state index >= 15 is 0 Å². The lowest BCUT2D eigenvalue weighted by molar-refractivity contribution is 0.199. The molecule has 4 nitrogen and oxygen atoms in total. The van der Waals surface area contributed by atoms with E-state index in [0.717, 1.165) is 27.5 Å². The fourth-order valence-corrected chi connectivity index (χ4v) is 2.81. The van der Waals surface area contributed by atoms with Gasteiger partial charge in [0.05, 0.1) is 11.8 Å². The predicted octanol–water partition coefficient (Wildman–Crippen LogP) is 3.34. The maximum atomic E-state index is 9.55. The molecular formula is C15H16N2O2S. The Morgan fingerprint density at radius 3 is 3.00 bits per heavy atom. The molecule has 1 N–H and O–H groups in total. The summed E-state index contributed by atoms with van der Waals surface area (Å²) in [6.07, 6.45) is 3.51. The van der Waals surface area contributed by atoms with Gasteiger partial charge >= 0.3 is 0 Å². The number of aliphatic hydroxyl groups is 1. The second-order valence-electron chi connectivity index (χ2n) is 4.81. The molecular weight excluding hydrogens is 272 g/mol. The molecule has 0 bridgehead atoms. The van der Waals surface area contributed by atoms with Crippen LogP contribution in [-0.4, -0.2) is 14.5 Å². The predicted molar refractivity (Wildman–Crippen MR) is 79.2 cm³/mol. The van der Waals surface area contributed by atoms with Crippen LogP contribution in [0.5, 0.6) is 5.75 Å². The summed E-state index contributed by atoms with van der Waals surface area (Å²) in [5.74, 6) is 0.825. The highest BCUT2D eigenvalue weighted by Gasteiger charge is 2.07. The minimum Gasteiger partial charge on any atom is -0.487 e. The molecule has 1 aromatic carbocycles. The SMILES string of the molecule is Cc1cc([C@@H](C)O)ccc1OCc1cn2ccsc2n1. The van der Waals surface area contributed by atoms with Crippen LogP contribution < -0.4 is 4.74 Å². The number of ether oxygens (including phenoxy) is 1. The molecule has 0 saturated heterocycles. The number of aliphatic hydroxyl groups excluding tert-OH is 1. The normalized spacial score (nSPS) is 12.8. The first-order chi connectivity index (χ1) is 9.63. The van der Waals surface area contributed by atoms with Gasteiger partial charge in [0, 0.05) is 17.8 Å². The van der Waals surface area contributed by atoms with Crippen LogP contribution >= 0.6 is 11.3 Å². The maximum Gasteiger partial charge on any atom is 0.193 e. The van der Waals surface area contributed by atoms with E-state index in [1.54, 1.807) is 18.3 Å². The number of fused-ring (bicyclic) bond motifs is 1. The number of thiazole rings is 1. The van der Waals surface area contributed by atoms with Crippen LogP contribution in [-0.2, 0) is 6.61 Å². The van der Waals surface area contributed by atoms with Gasteiger partial charge in [0.1, 0.15) is 12.4 Å². The number of aromatic nitrogens is 2. The Labute approximate surface area is 121 Å². The van der Waals surface area contributed by atoms with E-state index in [-0.39, 0.29) is 0 Å². The summed E-state index contributed by atoms with van der Waals surface area (Å²) in [7, 11) is 0. The third-order valence-corrected chi connectivity index (χ3v) is 3.97. The van der Waals surface area contributed by atoms with Crippen molar-refractivity contribution in [3.63, 3.8) is 0 Å². The third-order valence-electron chi connectivity index (χ3n) is 3.20. The van der Waals surface area contributed by atoms with Gasteiger partial charge in [-0.2, -0.15) is 0 Å². The van der Waals surface area contributed by atoms with Crippen molar-refractivity contribution in [2.75, 3.05) is 0 Å². The number of nitrogens with zero attached hydrogens (tertiary/aromatic N) is 2. The lowest BCUT2D eigenvalue weighted by Gasteiger charge is -2.11. The summed E-state index contributed by atoms with van der Waals surface area (Å²) in [4.78, 5) is 5.46. The second kappa shape index (κ2) is 5.26. The highest BCUT2D eigenvalue weighted by molar-refractivity contribution is 7.15. The van der Waals surface area contributed by atoms with Crippen LogP contribution in [0.3, 0.4) is 0 Å². The van der Waals surface area contributed by atoms with E-state index in [1.807, 2.05) is 47.3 Å². The molecule has 2 aromatic heterocycles. The molecule has 1 atom stereocenters. The van der Waals surface area contributed by atoms with E-state index < -0.39 is 6.10 Å². The first-order valence-electron chi connectivity index (χ1n) is 6.46. The highest BCUT2D eigenvalue weighted by atomic mass is 32.1. The van der Waals surface area contributed by atoms with Crippen molar-refractivity contribution in [2.24, 2.45) is 0 Å². The molecule has 3 rings (SSSR count). The monoisotopic (exact) mass is 288 g/mol. The van der Waals surface area contributed by atoms with Crippen LogP contribution in [0.25, 0.3) is 4.96 Å². The van der Waals surface area contributed by atoms with Gasteiger partial charge in [-0.1, -0.05) is 6.07 Å². The second-order valence-corrected chi connectivity index (χ2v) is 5.69. The quantitative estimate of drug-likeness (QED) is 0.801. The van der Waals surface area contributed by atoms with E-state index in [0.29, 0.717) is 6.61 Å². The molecule has 0 unspecified atom stereocenters. The summed E-state index contributed by atoms with van der Waals surface area (Å²) < 4.78 is 7.80. The third kappa shape index (κ3) is 2.55. The molecule has 0 fully saturated rings. The van der Waals surface area contributed by atoms with Crippen molar-refractivity contribution >= 4 is 16.3 Å². The topological polar surface area (TPSA) is 46.8 Å². The zero-order valence-corrected chi connectivity index (χ0v) is 12.2. The molecule has 0 aliphatic heterocycles. The molecule has 0 amide bonds. The molecule has 0 radical (unpaired) electrons. The van der Waals surface area contributed by atoms with Crippen molar-refractivity contribution in [2.45, 2.75) is 26.6 Å². The molecule has 0 spiro atoms. The van der Waals surface area contributed by atoms with Gasteiger partial charge in [0.2, 0.25) is 0 Å². The van der Waals surface area contributed by atoms with Crippen LogP contribution in [0.4, 0.5) is 0 Å². The van der Waals surface area contributed by atoms with Crippen molar-refractivity contribution in [1.82, 2.24) is 9.38 Å². The van der Waals surface area contributed by atoms with Gasteiger partial charge in [-0.15, -0.1) is 11.3 Å². The largest absolute Gasteiger partial charge is 0.487 e. The van der Waals surface area contributed by atoms with Crippen molar-refractivity contribution in [3.8, 4) is 5.75 Å². The zero-order valence-electron chi connectivity index (χ0n) is 11.4. The summed E-state index contributed by atoms with van der Waals surface area (Å²) in [5.41, 5.74) is 2.83. The van der Waals surface area contributed by atoms with Crippen molar-refractivity contribution in [1.29, 1.82) is 0 Å². The van der Waals surface area contributed by atoms with Gasteiger partial charge in [0.15, 0.2) is 4.96 Å². The lowest BCUT2D eigenvalue weighted by Crippen LogP contribution is -1.99. The average molecular weight is 288 g/mol.